The largest absolute Gasteiger partial charge is 0.497 e. The minimum Gasteiger partial charge on any atom is -0.497 e. The van der Waals surface area contributed by atoms with Gasteiger partial charge in [0.15, 0.2) is 0 Å². The molecule has 7 heteroatoms. The zero-order valence-corrected chi connectivity index (χ0v) is 32.3. The SMILES string of the molecule is CC(C)O.CC1CO1.CC1CO1.COc1ccc(C(C)(C)c2ccc(OC)cc2)cc1.COc1ccc(C(C)(C)c2ccc(OC)cc2)cc1. The molecule has 0 bridgehead atoms. The standard InChI is InChI=1S/2C17H20O2.2C3H6O.C3H8O/c2*1-17(2,13-5-9-15(18-3)10-6-13)14-7-11-16(19-4)12-8-14;2*1-3-2-4-3;1-3(2)4/h2*5-12H,1-4H3;2*3H,2H2,1H3;3-4H,1-2H3. The first kappa shape index (κ1) is 42.1. The average molecular weight is 689 g/mol. The Morgan fingerprint density at radius 3 is 0.720 bits per heavy atom. The Labute approximate surface area is 301 Å². The van der Waals surface area contributed by atoms with Crippen LogP contribution >= 0.6 is 0 Å². The van der Waals surface area contributed by atoms with Crippen LogP contribution in [0.15, 0.2) is 97.1 Å². The number of hydrogen-bond donors (Lipinski definition) is 1. The van der Waals surface area contributed by atoms with Crippen molar-refractivity contribution < 1.29 is 33.5 Å². The first-order chi connectivity index (χ1) is 23.7. The number of aliphatic hydroxyl groups is 1. The van der Waals surface area contributed by atoms with Crippen molar-refractivity contribution in [3.8, 4) is 23.0 Å². The minimum absolute atomic E-state index is 0.0431. The third kappa shape index (κ3) is 14.8. The van der Waals surface area contributed by atoms with Crippen LogP contribution in [0.5, 0.6) is 23.0 Å². The van der Waals surface area contributed by atoms with E-state index in [-0.39, 0.29) is 16.9 Å². The van der Waals surface area contributed by atoms with Crippen molar-refractivity contribution in [2.75, 3.05) is 41.7 Å². The number of hydrogen-bond acceptors (Lipinski definition) is 7. The summed E-state index contributed by atoms with van der Waals surface area (Å²) in [5.41, 5.74) is 4.96. The van der Waals surface area contributed by atoms with E-state index in [2.05, 4.69) is 90.1 Å². The van der Waals surface area contributed by atoms with Gasteiger partial charge in [0.25, 0.3) is 0 Å². The Morgan fingerprint density at radius 2 is 0.620 bits per heavy atom. The third-order valence-corrected chi connectivity index (χ3v) is 8.25. The summed E-state index contributed by atoms with van der Waals surface area (Å²) in [6, 6.07) is 32.9. The highest BCUT2D eigenvalue weighted by atomic mass is 16.6. The van der Waals surface area contributed by atoms with Gasteiger partial charge in [0.2, 0.25) is 0 Å². The minimum atomic E-state index is -0.167. The fourth-order valence-electron chi connectivity index (χ4n) is 4.56. The van der Waals surface area contributed by atoms with Crippen LogP contribution in [-0.2, 0) is 20.3 Å². The Bertz CT molecular complexity index is 1250. The summed E-state index contributed by atoms with van der Waals surface area (Å²) in [5.74, 6) is 3.53. The van der Waals surface area contributed by atoms with Crippen LogP contribution in [0, 0.1) is 0 Å². The van der Waals surface area contributed by atoms with Gasteiger partial charge in [0.1, 0.15) is 23.0 Å². The molecular formula is C43H60O7. The van der Waals surface area contributed by atoms with Crippen molar-refractivity contribution in [2.24, 2.45) is 0 Å². The summed E-state index contributed by atoms with van der Waals surface area (Å²) < 4.78 is 30.2. The fourth-order valence-corrected chi connectivity index (χ4v) is 4.56. The van der Waals surface area contributed by atoms with Crippen LogP contribution in [-0.4, -0.2) is 65.1 Å². The van der Waals surface area contributed by atoms with Gasteiger partial charge in [-0.2, -0.15) is 0 Å². The van der Waals surface area contributed by atoms with Crippen molar-refractivity contribution in [1.29, 1.82) is 0 Å². The van der Waals surface area contributed by atoms with Gasteiger partial charge in [-0.05, 0) is 98.5 Å². The Hall–Kier alpha value is -4.04. The molecule has 0 aromatic heterocycles. The van der Waals surface area contributed by atoms with E-state index in [1.807, 2.05) is 48.5 Å². The van der Waals surface area contributed by atoms with E-state index in [0.29, 0.717) is 12.2 Å². The molecule has 2 unspecified atom stereocenters. The normalized spacial score (nSPS) is 15.6. The highest BCUT2D eigenvalue weighted by molar-refractivity contribution is 5.43. The van der Waals surface area contributed by atoms with Crippen LogP contribution in [0.25, 0.3) is 0 Å². The molecule has 4 aromatic carbocycles. The number of aliphatic hydroxyl groups excluding tert-OH is 1. The highest BCUT2D eigenvalue weighted by Crippen LogP contribution is 2.34. The summed E-state index contributed by atoms with van der Waals surface area (Å²) in [7, 11) is 6.74. The molecule has 4 aromatic rings. The lowest BCUT2D eigenvalue weighted by Crippen LogP contribution is -2.18. The molecule has 2 aliphatic heterocycles. The predicted octanol–water partition coefficient (Wildman–Crippen LogP) is 9.26. The van der Waals surface area contributed by atoms with Gasteiger partial charge in [0.05, 0.1) is 53.9 Å². The number of rotatable bonds is 8. The molecule has 50 heavy (non-hydrogen) atoms. The van der Waals surface area contributed by atoms with Crippen LogP contribution in [0.2, 0.25) is 0 Å². The Kier molecular flexibility index (Phi) is 17.3. The second kappa shape index (κ2) is 20.6. The van der Waals surface area contributed by atoms with Crippen molar-refractivity contribution in [3.63, 3.8) is 0 Å². The van der Waals surface area contributed by atoms with E-state index < -0.39 is 0 Å². The van der Waals surface area contributed by atoms with Crippen LogP contribution in [0.3, 0.4) is 0 Å². The molecule has 0 spiro atoms. The van der Waals surface area contributed by atoms with Gasteiger partial charge < -0.3 is 33.5 Å². The first-order valence-electron chi connectivity index (χ1n) is 17.2. The molecule has 1 N–H and O–H groups in total. The van der Waals surface area contributed by atoms with Gasteiger partial charge in [0, 0.05) is 16.9 Å². The Morgan fingerprint density at radius 1 is 0.480 bits per heavy atom. The number of benzene rings is 4. The third-order valence-electron chi connectivity index (χ3n) is 8.25. The summed E-state index contributed by atoms with van der Waals surface area (Å²) in [4.78, 5) is 0. The number of epoxide rings is 2. The molecule has 0 saturated carbocycles. The van der Waals surface area contributed by atoms with E-state index in [4.69, 9.17) is 33.5 Å². The smallest absolute Gasteiger partial charge is 0.118 e. The second-order valence-electron chi connectivity index (χ2n) is 13.5. The maximum Gasteiger partial charge on any atom is 0.118 e. The van der Waals surface area contributed by atoms with E-state index >= 15 is 0 Å². The molecular weight excluding hydrogens is 628 g/mol. The van der Waals surface area contributed by atoms with Crippen LogP contribution < -0.4 is 18.9 Å². The van der Waals surface area contributed by atoms with Gasteiger partial charge in [-0.25, -0.2) is 0 Å². The molecule has 0 amide bonds. The summed E-state index contributed by atoms with van der Waals surface area (Å²) in [6.45, 7) is 18.4. The molecule has 2 aliphatic rings. The molecule has 0 aliphatic carbocycles. The van der Waals surface area contributed by atoms with Crippen molar-refractivity contribution in [3.05, 3.63) is 119 Å². The monoisotopic (exact) mass is 688 g/mol. The van der Waals surface area contributed by atoms with E-state index in [9.17, 15) is 0 Å². The second-order valence-corrected chi connectivity index (χ2v) is 13.5. The molecule has 2 heterocycles. The average Bonchev–Trinajstić information content (AvgIpc) is 4.08. The summed E-state index contributed by atoms with van der Waals surface area (Å²) in [5, 5.41) is 8.06. The first-order valence-corrected chi connectivity index (χ1v) is 17.2. The fraction of sp³-hybridized carbons (Fsp3) is 0.442. The molecule has 7 nitrogen and oxygen atoms in total. The quantitative estimate of drug-likeness (QED) is 0.185. The number of methoxy groups -OCH3 is 4. The summed E-state index contributed by atoms with van der Waals surface area (Å²) >= 11 is 0. The predicted molar refractivity (Wildman–Crippen MR) is 204 cm³/mol. The molecule has 2 fully saturated rings. The molecule has 6 rings (SSSR count). The van der Waals surface area contributed by atoms with Gasteiger partial charge in [-0.3, -0.25) is 0 Å². The van der Waals surface area contributed by atoms with E-state index in [1.54, 1.807) is 42.3 Å². The lowest BCUT2D eigenvalue weighted by molar-refractivity contribution is 0.216. The van der Waals surface area contributed by atoms with Crippen LogP contribution in [0.1, 0.15) is 77.6 Å². The van der Waals surface area contributed by atoms with Gasteiger partial charge in [-0.15, -0.1) is 0 Å². The molecule has 2 atom stereocenters. The molecule has 0 radical (unpaired) electrons. The van der Waals surface area contributed by atoms with Gasteiger partial charge >= 0.3 is 0 Å². The van der Waals surface area contributed by atoms with E-state index in [0.717, 1.165) is 36.2 Å². The van der Waals surface area contributed by atoms with Crippen molar-refractivity contribution in [2.45, 2.75) is 84.5 Å². The topological polar surface area (TPSA) is 82.2 Å². The maximum atomic E-state index is 8.06. The zero-order valence-electron chi connectivity index (χ0n) is 32.3. The van der Waals surface area contributed by atoms with Crippen molar-refractivity contribution in [1.82, 2.24) is 0 Å². The Balaban J connectivity index is 0.000000260. The molecule has 274 valence electrons. The lowest BCUT2D eigenvalue weighted by Gasteiger charge is -2.26. The van der Waals surface area contributed by atoms with Gasteiger partial charge in [-0.1, -0.05) is 76.2 Å². The lowest BCUT2D eigenvalue weighted by atomic mass is 9.78. The maximum absolute atomic E-state index is 8.06. The number of ether oxygens (including phenoxy) is 6. The highest BCUT2D eigenvalue weighted by Gasteiger charge is 2.24. The van der Waals surface area contributed by atoms with Crippen molar-refractivity contribution >= 4 is 0 Å². The van der Waals surface area contributed by atoms with Crippen LogP contribution in [0.4, 0.5) is 0 Å². The summed E-state index contributed by atoms with van der Waals surface area (Å²) in [6.07, 6.45) is 1.000. The molecule has 2 saturated heterocycles. The zero-order chi connectivity index (χ0) is 37.3. The van der Waals surface area contributed by atoms with E-state index in [1.165, 1.54) is 22.3 Å².